The van der Waals surface area contributed by atoms with Crippen molar-refractivity contribution in [2.75, 3.05) is 26.3 Å². The van der Waals surface area contributed by atoms with Gasteiger partial charge in [0.15, 0.2) is 0 Å². The number of nitrogens with one attached hydrogen (secondary N) is 1. The first kappa shape index (κ1) is 16.7. The third-order valence-electron chi connectivity index (χ3n) is 4.74. The largest absolute Gasteiger partial charge is 0.391 e. The van der Waals surface area contributed by atoms with Crippen molar-refractivity contribution in [2.45, 2.75) is 70.1 Å². The van der Waals surface area contributed by atoms with Gasteiger partial charge < -0.3 is 15.2 Å². The molecule has 21 heavy (non-hydrogen) atoms. The number of aliphatic hydroxyl groups is 1. The summed E-state index contributed by atoms with van der Waals surface area (Å²) in [4.78, 5) is 14.2. The zero-order chi connectivity index (χ0) is 15.1. The Hall–Kier alpha value is -0.650. The second-order valence-corrected chi connectivity index (χ2v) is 6.24. The predicted molar refractivity (Wildman–Crippen MR) is 82.1 cm³/mol. The van der Waals surface area contributed by atoms with Crippen LogP contribution in [0, 0.1) is 0 Å². The van der Waals surface area contributed by atoms with E-state index in [0.717, 1.165) is 45.2 Å². The van der Waals surface area contributed by atoms with E-state index >= 15 is 0 Å². The summed E-state index contributed by atoms with van der Waals surface area (Å²) in [5, 5.41) is 13.2. The summed E-state index contributed by atoms with van der Waals surface area (Å²) in [7, 11) is 0. The highest BCUT2D eigenvalue weighted by Crippen LogP contribution is 2.25. The van der Waals surface area contributed by atoms with Gasteiger partial charge in [0.25, 0.3) is 0 Å². The van der Waals surface area contributed by atoms with Crippen molar-refractivity contribution < 1.29 is 14.6 Å². The zero-order valence-electron chi connectivity index (χ0n) is 13.2. The van der Waals surface area contributed by atoms with Gasteiger partial charge in [-0.2, -0.15) is 0 Å². The number of amides is 1. The minimum atomic E-state index is -0.156. The summed E-state index contributed by atoms with van der Waals surface area (Å²) in [5.41, 5.74) is 0. The molecule has 1 amide bonds. The lowest BCUT2D eigenvalue weighted by atomic mass is 9.89. The van der Waals surface area contributed by atoms with Gasteiger partial charge in [-0.05, 0) is 32.6 Å². The Bertz CT molecular complexity index is 317. The van der Waals surface area contributed by atoms with Crippen LogP contribution in [0.2, 0.25) is 0 Å². The molecule has 1 saturated carbocycles. The van der Waals surface area contributed by atoms with Gasteiger partial charge in [0.2, 0.25) is 5.91 Å². The number of carbonyl (C=O) groups is 1. The first-order chi connectivity index (χ1) is 10.2. The predicted octanol–water partition coefficient (Wildman–Crippen LogP) is 1.30. The number of likely N-dealkylation sites (tertiary alicyclic amines) is 1. The van der Waals surface area contributed by atoms with Gasteiger partial charge >= 0.3 is 0 Å². The molecule has 5 heteroatoms. The number of piperidine rings is 1. The SMILES string of the molecule is CCOCCC(=O)NC1CCN(C2CCCCC2O)CC1. The van der Waals surface area contributed by atoms with Gasteiger partial charge in [-0.25, -0.2) is 0 Å². The molecule has 122 valence electrons. The van der Waals surface area contributed by atoms with Crippen molar-refractivity contribution in [3.63, 3.8) is 0 Å². The minimum absolute atomic E-state index is 0.0969. The van der Waals surface area contributed by atoms with E-state index in [1.807, 2.05) is 6.92 Å². The lowest BCUT2D eigenvalue weighted by Gasteiger charge is -2.41. The normalized spacial score (nSPS) is 28.5. The molecule has 2 rings (SSSR count). The summed E-state index contributed by atoms with van der Waals surface area (Å²) < 4.78 is 5.20. The lowest BCUT2D eigenvalue weighted by molar-refractivity contribution is -0.123. The fourth-order valence-electron chi connectivity index (χ4n) is 3.50. The van der Waals surface area contributed by atoms with Crippen LogP contribution < -0.4 is 5.32 Å². The molecule has 2 atom stereocenters. The third kappa shape index (κ3) is 5.24. The van der Waals surface area contributed by atoms with Crippen LogP contribution in [-0.4, -0.2) is 60.4 Å². The monoisotopic (exact) mass is 298 g/mol. The van der Waals surface area contributed by atoms with Crippen molar-refractivity contribution in [3.05, 3.63) is 0 Å². The van der Waals surface area contributed by atoms with Crippen molar-refractivity contribution in [1.29, 1.82) is 0 Å². The average Bonchev–Trinajstić information content (AvgIpc) is 2.49. The van der Waals surface area contributed by atoms with Crippen LogP contribution in [0.15, 0.2) is 0 Å². The van der Waals surface area contributed by atoms with Crippen LogP contribution in [0.5, 0.6) is 0 Å². The maximum atomic E-state index is 11.8. The van der Waals surface area contributed by atoms with E-state index in [1.54, 1.807) is 0 Å². The maximum Gasteiger partial charge on any atom is 0.222 e. The van der Waals surface area contributed by atoms with Crippen LogP contribution in [0.3, 0.4) is 0 Å². The number of hydrogen-bond acceptors (Lipinski definition) is 4. The highest BCUT2D eigenvalue weighted by molar-refractivity contribution is 5.76. The number of hydrogen-bond donors (Lipinski definition) is 2. The molecule has 0 aromatic heterocycles. The average molecular weight is 298 g/mol. The molecule has 0 spiro atoms. The topological polar surface area (TPSA) is 61.8 Å². The van der Waals surface area contributed by atoms with Crippen molar-refractivity contribution in [2.24, 2.45) is 0 Å². The molecule has 2 N–H and O–H groups in total. The molecule has 0 aromatic rings. The van der Waals surface area contributed by atoms with Gasteiger partial charge in [-0.3, -0.25) is 9.69 Å². The van der Waals surface area contributed by atoms with E-state index in [0.29, 0.717) is 25.7 Å². The van der Waals surface area contributed by atoms with E-state index in [4.69, 9.17) is 4.74 Å². The number of ether oxygens (including phenoxy) is 1. The van der Waals surface area contributed by atoms with Crippen molar-refractivity contribution in [3.8, 4) is 0 Å². The van der Waals surface area contributed by atoms with Gasteiger partial charge in [0, 0.05) is 38.2 Å². The number of rotatable bonds is 6. The summed E-state index contributed by atoms with van der Waals surface area (Å²) in [6.45, 7) is 5.08. The fourth-order valence-corrected chi connectivity index (χ4v) is 3.50. The van der Waals surface area contributed by atoms with E-state index in [1.165, 1.54) is 6.42 Å². The molecule has 1 aliphatic heterocycles. The molecule has 2 aliphatic rings. The summed E-state index contributed by atoms with van der Waals surface area (Å²) in [5.74, 6) is 0.0969. The van der Waals surface area contributed by atoms with Crippen LogP contribution in [0.1, 0.15) is 51.9 Å². The summed E-state index contributed by atoms with van der Waals surface area (Å²) in [6.07, 6.45) is 6.73. The third-order valence-corrected chi connectivity index (χ3v) is 4.74. The maximum absolute atomic E-state index is 11.8. The molecular formula is C16H30N2O3. The first-order valence-electron chi connectivity index (χ1n) is 8.50. The highest BCUT2D eigenvalue weighted by atomic mass is 16.5. The Morgan fingerprint density at radius 2 is 1.95 bits per heavy atom. The van der Waals surface area contributed by atoms with Crippen LogP contribution in [0.25, 0.3) is 0 Å². The summed E-state index contributed by atoms with van der Waals surface area (Å²) in [6, 6.07) is 0.629. The van der Waals surface area contributed by atoms with Crippen LogP contribution in [-0.2, 0) is 9.53 Å². The lowest BCUT2D eigenvalue weighted by Crippen LogP contribution is -2.52. The number of aliphatic hydroxyl groups excluding tert-OH is 1. The van der Waals surface area contributed by atoms with Gasteiger partial charge in [-0.1, -0.05) is 12.8 Å². The smallest absolute Gasteiger partial charge is 0.222 e. The molecule has 2 unspecified atom stereocenters. The molecule has 0 radical (unpaired) electrons. The number of carbonyl (C=O) groups excluding carboxylic acids is 1. The van der Waals surface area contributed by atoms with Crippen LogP contribution >= 0.6 is 0 Å². The van der Waals surface area contributed by atoms with E-state index in [9.17, 15) is 9.90 Å². The second kappa shape index (κ2) is 8.71. The van der Waals surface area contributed by atoms with Crippen molar-refractivity contribution in [1.82, 2.24) is 10.2 Å². The highest BCUT2D eigenvalue weighted by Gasteiger charge is 2.31. The molecule has 1 heterocycles. The standard InChI is InChI=1S/C16H30N2O3/c1-2-21-12-9-16(20)17-13-7-10-18(11-8-13)14-5-3-4-6-15(14)19/h13-15,19H,2-12H2,1H3,(H,17,20). The molecular weight excluding hydrogens is 268 g/mol. The molecule has 1 saturated heterocycles. The zero-order valence-corrected chi connectivity index (χ0v) is 13.2. The van der Waals surface area contributed by atoms with E-state index in [-0.39, 0.29) is 18.1 Å². The Morgan fingerprint density at radius 1 is 1.24 bits per heavy atom. The molecule has 1 aliphatic carbocycles. The minimum Gasteiger partial charge on any atom is -0.391 e. The quantitative estimate of drug-likeness (QED) is 0.726. The number of nitrogens with zero attached hydrogens (tertiary/aromatic N) is 1. The fraction of sp³-hybridized carbons (Fsp3) is 0.938. The van der Waals surface area contributed by atoms with Crippen molar-refractivity contribution >= 4 is 5.91 Å². The van der Waals surface area contributed by atoms with Gasteiger partial charge in [0.05, 0.1) is 12.7 Å². The molecule has 0 aromatic carbocycles. The Morgan fingerprint density at radius 3 is 2.62 bits per heavy atom. The molecule has 0 bridgehead atoms. The first-order valence-corrected chi connectivity index (χ1v) is 8.50. The molecule has 2 fully saturated rings. The Balaban J connectivity index is 1.67. The van der Waals surface area contributed by atoms with Gasteiger partial charge in [-0.15, -0.1) is 0 Å². The second-order valence-electron chi connectivity index (χ2n) is 6.24. The summed E-state index contributed by atoms with van der Waals surface area (Å²) >= 11 is 0. The van der Waals surface area contributed by atoms with Gasteiger partial charge in [0.1, 0.15) is 0 Å². The Kier molecular flexibility index (Phi) is 6.93. The molecule has 5 nitrogen and oxygen atoms in total. The Labute approximate surface area is 128 Å². The van der Waals surface area contributed by atoms with Crippen LogP contribution in [0.4, 0.5) is 0 Å². The van der Waals surface area contributed by atoms with E-state index in [2.05, 4.69) is 10.2 Å². The van der Waals surface area contributed by atoms with E-state index < -0.39 is 0 Å².